The lowest BCUT2D eigenvalue weighted by molar-refractivity contribution is 0.619. The molecule has 2 aromatic rings. The van der Waals surface area contributed by atoms with E-state index in [-0.39, 0.29) is 5.82 Å². The molecule has 0 fully saturated rings. The maximum absolute atomic E-state index is 13.4. The van der Waals surface area contributed by atoms with Crippen molar-refractivity contribution in [3.8, 4) is 11.1 Å². The fourth-order valence-electron chi connectivity index (χ4n) is 1.83. The Labute approximate surface area is 95.7 Å². The quantitative estimate of drug-likeness (QED) is 0.659. The third kappa shape index (κ3) is 1.85. The van der Waals surface area contributed by atoms with Gasteiger partial charge >= 0.3 is 0 Å². The van der Waals surface area contributed by atoms with Crippen LogP contribution in [-0.2, 0) is 0 Å². The van der Waals surface area contributed by atoms with Crippen molar-refractivity contribution in [2.45, 2.75) is 20.8 Å². The molecule has 0 atom stereocenters. The number of rotatable bonds is 1. The predicted molar refractivity (Wildman–Crippen MR) is 66.0 cm³/mol. The highest BCUT2D eigenvalue weighted by atomic mass is 19.1. The Morgan fingerprint density at radius 3 is 2.31 bits per heavy atom. The second-order valence-corrected chi connectivity index (χ2v) is 4.21. The van der Waals surface area contributed by atoms with Crippen LogP contribution in [0.3, 0.4) is 0 Å². The Morgan fingerprint density at radius 2 is 1.62 bits per heavy atom. The van der Waals surface area contributed by atoms with Crippen LogP contribution in [0.25, 0.3) is 11.1 Å². The molecular formula is C15H15F. The first-order chi connectivity index (χ1) is 7.59. The summed E-state index contributed by atoms with van der Waals surface area (Å²) in [5.41, 5.74) is 5.27. The predicted octanol–water partition coefficient (Wildman–Crippen LogP) is 4.42. The van der Waals surface area contributed by atoms with Crippen LogP contribution in [0.1, 0.15) is 16.7 Å². The smallest absolute Gasteiger partial charge is 0.126 e. The molecule has 0 saturated heterocycles. The van der Waals surface area contributed by atoms with Gasteiger partial charge in [0.15, 0.2) is 0 Å². The van der Waals surface area contributed by atoms with Gasteiger partial charge in [-0.25, -0.2) is 4.39 Å². The molecule has 0 unspecified atom stereocenters. The molecule has 0 N–H and O–H groups in total. The van der Waals surface area contributed by atoms with Gasteiger partial charge < -0.3 is 0 Å². The number of hydrogen-bond acceptors (Lipinski definition) is 0. The molecule has 0 nitrogen and oxygen atoms in total. The Balaban J connectivity index is 2.59. The lowest BCUT2D eigenvalue weighted by Gasteiger charge is -2.09. The molecule has 0 aromatic heterocycles. The fourth-order valence-corrected chi connectivity index (χ4v) is 1.83. The summed E-state index contributed by atoms with van der Waals surface area (Å²) in [4.78, 5) is 0. The average molecular weight is 214 g/mol. The summed E-state index contributed by atoms with van der Waals surface area (Å²) in [5, 5.41) is 0. The van der Waals surface area contributed by atoms with Crippen molar-refractivity contribution in [3.05, 3.63) is 58.9 Å². The Hall–Kier alpha value is -1.63. The normalized spacial score (nSPS) is 10.5. The monoisotopic (exact) mass is 214 g/mol. The summed E-state index contributed by atoms with van der Waals surface area (Å²) in [6.45, 7) is 5.98. The van der Waals surface area contributed by atoms with Gasteiger partial charge in [-0.1, -0.05) is 30.3 Å². The van der Waals surface area contributed by atoms with Crippen molar-refractivity contribution >= 4 is 0 Å². The van der Waals surface area contributed by atoms with Gasteiger partial charge in [0.1, 0.15) is 5.82 Å². The molecule has 0 aliphatic carbocycles. The molecule has 0 amide bonds. The molecular weight excluding hydrogens is 199 g/mol. The first-order valence-electron chi connectivity index (χ1n) is 5.42. The summed E-state index contributed by atoms with van der Waals surface area (Å²) in [5.74, 6) is -0.143. The first kappa shape index (κ1) is 10.9. The van der Waals surface area contributed by atoms with E-state index < -0.39 is 0 Å². The van der Waals surface area contributed by atoms with Crippen molar-refractivity contribution in [3.63, 3.8) is 0 Å². The summed E-state index contributed by atoms with van der Waals surface area (Å²) in [7, 11) is 0. The third-order valence-electron chi connectivity index (χ3n) is 3.09. The van der Waals surface area contributed by atoms with E-state index in [2.05, 4.69) is 26.0 Å². The number of aryl methyl sites for hydroxylation is 2. The Morgan fingerprint density at radius 1 is 0.875 bits per heavy atom. The topological polar surface area (TPSA) is 0 Å². The van der Waals surface area contributed by atoms with Crippen LogP contribution in [0.2, 0.25) is 0 Å². The van der Waals surface area contributed by atoms with Gasteiger partial charge in [-0.2, -0.15) is 0 Å². The molecule has 0 radical (unpaired) electrons. The van der Waals surface area contributed by atoms with E-state index in [1.165, 1.54) is 17.2 Å². The molecule has 82 valence electrons. The van der Waals surface area contributed by atoms with Crippen LogP contribution in [0.5, 0.6) is 0 Å². The maximum Gasteiger partial charge on any atom is 0.126 e. The lowest BCUT2D eigenvalue weighted by atomic mass is 9.97. The number of hydrogen-bond donors (Lipinski definition) is 0. The number of benzene rings is 2. The van der Waals surface area contributed by atoms with E-state index in [4.69, 9.17) is 0 Å². The minimum absolute atomic E-state index is 0.143. The van der Waals surface area contributed by atoms with Crippen LogP contribution in [-0.4, -0.2) is 0 Å². The van der Waals surface area contributed by atoms with Gasteiger partial charge in [0.2, 0.25) is 0 Å². The van der Waals surface area contributed by atoms with Gasteiger partial charge in [0, 0.05) is 0 Å². The van der Waals surface area contributed by atoms with Gasteiger partial charge in [-0.05, 0) is 54.7 Å². The van der Waals surface area contributed by atoms with Crippen molar-refractivity contribution in [2.24, 2.45) is 0 Å². The average Bonchev–Trinajstić information content (AvgIpc) is 2.26. The minimum Gasteiger partial charge on any atom is -0.207 e. The van der Waals surface area contributed by atoms with E-state index >= 15 is 0 Å². The van der Waals surface area contributed by atoms with Gasteiger partial charge in [-0.15, -0.1) is 0 Å². The maximum atomic E-state index is 13.4. The van der Waals surface area contributed by atoms with E-state index in [9.17, 15) is 4.39 Å². The third-order valence-corrected chi connectivity index (χ3v) is 3.09. The molecule has 0 spiro atoms. The first-order valence-corrected chi connectivity index (χ1v) is 5.42. The lowest BCUT2D eigenvalue weighted by Crippen LogP contribution is -1.89. The Kier molecular flexibility index (Phi) is 2.78. The van der Waals surface area contributed by atoms with Crippen molar-refractivity contribution < 1.29 is 4.39 Å². The van der Waals surface area contributed by atoms with E-state index in [0.717, 1.165) is 11.1 Å². The van der Waals surface area contributed by atoms with Gasteiger partial charge in [0.25, 0.3) is 0 Å². The van der Waals surface area contributed by atoms with E-state index in [1.807, 2.05) is 19.1 Å². The minimum atomic E-state index is -0.143. The molecule has 0 bridgehead atoms. The van der Waals surface area contributed by atoms with Crippen LogP contribution in [0.4, 0.5) is 4.39 Å². The summed E-state index contributed by atoms with van der Waals surface area (Å²) < 4.78 is 13.4. The van der Waals surface area contributed by atoms with E-state index in [1.54, 1.807) is 6.07 Å². The molecule has 2 aromatic carbocycles. The molecule has 1 heteroatoms. The van der Waals surface area contributed by atoms with Crippen LogP contribution in [0, 0.1) is 26.6 Å². The van der Waals surface area contributed by atoms with Gasteiger partial charge in [-0.3, -0.25) is 0 Å². The van der Waals surface area contributed by atoms with Crippen LogP contribution >= 0.6 is 0 Å². The van der Waals surface area contributed by atoms with E-state index in [0.29, 0.717) is 5.56 Å². The molecule has 0 heterocycles. The summed E-state index contributed by atoms with van der Waals surface area (Å²) >= 11 is 0. The largest absolute Gasteiger partial charge is 0.207 e. The molecule has 0 aliphatic heterocycles. The standard InChI is InChI=1S/C15H15F/c1-10-7-8-13(9-11(10)2)14-5-4-6-15(16)12(14)3/h4-9H,1-3H3. The second kappa shape index (κ2) is 4.09. The SMILES string of the molecule is Cc1ccc(-c2cccc(F)c2C)cc1C. The number of halogens is 1. The van der Waals surface area contributed by atoms with Crippen molar-refractivity contribution in [1.82, 2.24) is 0 Å². The van der Waals surface area contributed by atoms with Crippen molar-refractivity contribution in [1.29, 1.82) is 0 Å². The zero-order valence-electron chi connectivity index (χ0n) is 9.84. The zero-order valence-corrected chi connectivity index (χ0v) is 9.84. The molecule has 0 saturated carbocycles. The highest BCUT2D eigenvalue weighted by Gasteiger charge is 2.06. The van der Waals surface area contributed by atoms with Crippen LogP contribution < -0.4 is 0 Å². The molecule has 0 aliphatic rings. The fraction of sp³-hybridized carbons (Fsp3) is 0.200. The molecule has 2 rings (SSSR count). The zero-order chi connectivity index (χ0) is 11.7. The van der Waals surface area contributed by atoms with Gasteiger partial charge in [0.05, 0.1) is 0 Å². The van der Waals surface area contributed by atoms with Crippen molar-refractivity contribution in [2.75, 3.05) is 0 Å². The summed E-state index contributed by atoms with van der Waals surface area (Å²) in [6, 6.07) is 11.4. The van der Waals surface area contributed by atoms with Crippen LogP contribution in [0.15, 0.2) is 36.4 Å². The molecule has 16 heavy (non-hydrogen) atoms. The highest BCUT2D eigenvalue weighted by Crippen LogP contribution is 2.26. The summed E-state index contributed by atoms with van der Waals surface area (Å²) in [6.07, 6.45) is 0. The highest BCUT2D eigenvalue weighted by molar-refractivity contribution is 5.68. The Bertz CT molecular complexity index is 527. The second-order valence-electron chi connectivity index (χ2n) is 4.21.